The van der Waals surface area contributed by atoms with E-state index in [0.29, 0.717) is 13.2 Å². The van der Waals surface area contributed by atoms with Crippen molar-refractivity contribution in [2.24, 2.45) is 10.4 Å². The first kappa shape index (κ1) is 31.5. The fraction of sp³-hybridized carbons (Fsp3) is 0.594. The Morgan fingerprint density at radius 2 is 2.08 bits per heavy atom. The molecule has 0 radical (unpaired) electrons. The zero-order valence-electron chi connectivity index (χ0n) is 24.9. The lowest BCUT2D eigenvalue weighted by atomic mass is 9.76. The van der Waals surface area contributed by atoms with E-state index in [-0.39, 0.29) is 28.5 Å². The summed E-state index contributed by atoms with van der Waals surface area (Å²) in [5, 5.41) is 14.8. The van der Waals surface area contributed by atoms with Crippen LogP contribution in [0, 0.1) is 16.7 Å². The van der Waals surface area contributed by atoms with Crippen molar-refractivity contribution in [2.75, 3.05) is 46.4 Å². The van der Waals surface area contributed by atoms with Crippen molar-refractivity contribution in [3.8, 4) is 6.07 Å². The van der Waals surface area contributed by atoms with E-state index in [1.165, 1.54) is 18.2 Å². The second kappa shape index (κ2) is 14.6. The molecule has 40 heavy (non-hydrogen) atoms. The van der Waals surface area contributed by atoms with Crippen LogP contribution in [-0.4, -0.2) is 58.4 Å². The summed E-state index contributed by atoms with van der Waals surface area (Å²) >= 11 is 0. The molecule has 8 nitrogen and oxygen atoms in total. The second-order valence-corrected chi connectivity index (χ2v) is 11.7. The number of allylic oxidation sites excluding steroid dienone is 3. The number of rotatable bonds is 12. The van der Waals surface area contributed by atoms with Gasteiger partial charge in [0.05, 0.1) is 12.2 Å². The van der Waals surface area contributed by atoms with E-state index in [1.54, 1.807) is 14.2 Å². The van der Waals surface area contributed by atoms with Crippen LogP contribution in [0.3, 0.4) is 0 Å². The van der Waals surface area contributed by atoms with Gasteiger partial charge in [0, 0.05) is 45.7 Å². The highest BCUT2D eigenvalue weighted by Gasteiger charge is 2.38. The Morgan fingerprint density at radius 3 is 2.67 bits per heavy atom. The van der Waals surface area contributed by atoms with Crippen molar-refractivity contribution in [2.45, 2.75) is 76.7 Å². The minimum absolute atomic E-state index is 0.0395. The van der Waals surface area contributed by atoms with E-state index in [9.17, 15) is 4.79 Å². The van der Waals surface area contributed by atoms with E-state index >= 15 is 0 Å². The van der Waals surface area contributed by atoms with Gasteiger partial charge in [-0.1, -0.05) is 32.6 Å². The van der Waals surface area contributed by atoms with Crippen molar-refractivity contribution in [1.29, 1.82) is 5.26 Å². The first-order chi connectivity index (χ1) is 19.2. The number of amides is 1. The largest absolute Gasteiger partial charge is 0.385 e. The molecular formula is C32H46N4O4. The lowest BCUT2D eigenvalue weighted by molar-refractivity contribution is -0.110. The fourth-order valence-electron chi connectivity index (χ4n) is 5.74. The van der Waals surface area contributed by atoms with Gasteiger partial charge in [-0.05, 0) is 86.0 Å². The highest BCUT2D eigenvalue weighted by Crippen LogP contribution is 2.43. The Balaban J connectivity index is 1.99. The van der Waals surface area contributed by atoms with Crippen molar-refractivity contribution in [3.05, 3.63) is 47.7 Å². The number of benzene rings is 1. The maximum atomic E-state index is 13.2. The highest BCUT2D eigenvalue weighted by molar-refractivity contribution is 6.42. The van der Waals surface area contributed by atoms with Gasteiger partial charge in [-0.3, -0.25) is 9.79 Å². The zero-order valence-corrected chi connectivity index (χ0v) is 24.9. The van der Waals surface area contributed by atoms with Gasteiger partial charge in [0.1, 0.15) is 11.8 Å². The molecule has 1 amide bonds. The number of nitrogens with one attached hydrogen (secondary N) is 2. The van der Waals surface area contributed by atoms with Gasteiger partial charge in [-0.2, -0.15) is 5.26 Å². The predicted octanol–water partition coefficient (Wildman–Crippen LogP) is 5.97. The van der Waals surface area contributed by atoms with Crippen LogP contribution in [0.2, 0.25) is 0 Å². The normalized spacial score (nSPS) is 21.3. The van der Waals surface area contributed by atoms with E-state index < -0.39 is 5.91 Å². The van der Waals surface area contributed by atoms with Gasteiger partial charge in [-0.25, -0.2) is 0 Å². The number of carbonyl (C=O) groups excluding carboxylic acids is 1. The number of amidine groups is 1. The average Bonchev–Trinajstić information content (AvgIpc) is 3.39. The molecule has 2 atom stereocenters. The standard InChI is InChI=1S/C32H46N4O4/c1-23(21-33)35-29(34-4)30(37)36-28-11-10-25(19-27(28)24-12-15-31(2,3)16-13-24)26(9-7-17-38-5)20-32(22-39-6)14-8-18-40-32/h10-12,19,26H,1,7-9,13-18,20,22H2,2-6H3,(H,34,35)(H,36,37)/t26-,32+/m0/s1. The Hall–Kier alpha value is -2.99. The molecule has 0 spiro atoms. The number of aliphatic imine (C=N–C) groups is 1. The first-order valence-corrected chi connectivity index (χ1v) is 14.3. The third kappa shape index (κ3) is 8.50. The SMILES string of the molecule is C=C(C#N)NC(=NC)C(=O)Nc1ccc([C@@H](CCCOC)C[C@@]2(COC)CCCO2)cc1C1=CCC(C)(C)CC1. The maximum Gasteiger partial charge on any atom is 0.291 e. The van der Waals surface area contributed by atoms with E-state index in [1.807, 2.05) is 12.1 Å². The van der Waals surface area contributed by atoms with Crippen molar-refractivity contribution < 1.29 is 19.0 Å². The number of ether oxygens (including phenoxy) is 3. The molecule has 0 bridgehead atoms. The van der Waals surface area contributed by atoms with Crippen molar-refractivity contribution in [3.63, 3.8) is 0 Å². The van der Waals surface area contributed by atoms with Gasteiger partial charge in [0.2, 0.25) is 0 Å². The van der Waals surface area contributed by atoms with Crippen molar-refractivity contribution >= 4 is 23.0 Å². The number of nitrogens with zero attached hydrogens (tertiary/aromatic N) is 2. The molecular weight excluding hydrogens is 504 g/mol. The Morgan fingerprint density at radius 1 is 1.27 bits per heavy atom. The van der Waals surface area contributed by atoms with Crippen LogP contribution in [0.15, 0.2) is 41.5 Å². The molecule has 2 N–H and O–H groups in total. The highest BCUT2D eigenvalue weighted by atomic mass is 16.5. The summed E-state index contributed by atoms with van der Waals surface area (Å²) in [7, 11) is 4.99. The molecule has 1 saturated heterocycles. The number of anilines is 1. The van der Waals surface area contributed by atoms with Gasteiger partial charge in [-0.15, -0.1) is 0 Å². The predicted molar refractivity (Wildman–Crippen MR) is 160 cm³/mol. The molecule has 1 aliphatic carbocycles. The Labute approximate surface area is 239 Å². The first-order valence-electron chi connectivity index (χ1n) is 14.3. The van der Waals surface area contributed by atoms with Gasteiger partial charge < -0.3 is 24.8 Å². The number of carbonyl (C=O) groups is 1. The molecule has 218 valence electrons. The smallest absolute Gasteiger partial charge is 0.291 e. The zero-order chi connectivity index (χ0) is 29.2. The van der Waals surface area contributed by atoms with Crippen LogP contribution in [0.4, 0.5) is 5.69 Å². The summed E-state index contributed by atoms with van der Waals surface area (Å²) in [6.45, 7) is 10.2. The summed E-state index contributed by atoms with van der Waals surface area (Å²) in [6, 6.07) is 8.26. The molecule has 1 aromatic rings. The number of methoxy groups -OCH3 is 2. The minimum atomic E-state index is -0.417. The monoisotopic (exact) mass is 550 g/mol. The van der Waals surface area contributed by atoms with Crippen LogP contribution in [0.1, 0.15) is 82.3 Å². The maximum absolute atomic E-state index is 13.2. The summed E-state index contributed by atoms with van der Waals surface area (Å²) in [6.07, 6.45) is 10.1. The molecule has 0 unspecified atom stereocenters. The van der Waals surface area contributed by atoms with E-state index in [0.717, 1.165) is 69.2 Å². The lowest BCUT2D eigenvalue weighted by Gasteiger charge is -2.33. The number of hydrogen-bond acceptors (Lipinski definition) is 6. The molecule has 3 rings (SSSR count). The average molecular weight is 551 g/mol. The summed E-state index contributed by atoms with van der Waals surface area (Å²) in [4.78, 5) is 17.2. The summed E-state index contributed by atoms with van der Waals surface area (Å²) in [5.41, 5.74) is 4.24. The van der Waals surface area contributed by atoms with Gasteiger partial charge in [0.15, 0.2) is 5.84 Å². The molecule has 1 fully saturated rings. The molecule has 8 heteroatoms. The third-order valence-electron chi connectivity index (χ3n) is 8.04. The van der Waals surface area contributed by atoms with E-state index in [2.05, 4.69) is 54.3 Å². The third-order valence-corrected chi connectivity index (χ3v) is 8.04. The van der Waals surface area contributed by atoms with Crippen LogP contribution < -0.4 is 10.6 Å². The molecule has 1 aliphatic heterocycles. The van der Waals surface area contributed by atoms with Gasteiger partial charge >= 0.3 is 0 Å². The van der Waals surface area contributed by atoms with Crippen LogP contribution in [-0.2, 0) is 19.0 Å². The lowest BCUT2D eigenvalue weighted by Crippen LogP contribution is -2.35. The van der Waals surface area contributed by atoms with E-state index in [4.69, 9.17) is 19.5 Å². The molecule has 0 saturated carbocycles. The Kier molecular flexibility index (Phi) is 11.5. The summed E-state index contributed by atoms with van der Waals surface area (Å²) < 4.78 is 17.3. The Bertz CT molecular complexity index is 1140. The molecule has 1 aromatic carbocycles. The molecule has 0 aromatic heterocycles. The number of nitriles is 1. The van der Waals surface area contributed by atoms with Gasteiger partial charge in [0.25, 0.3) is 5.91 Å². The molecule has 1 heterocycles. The number of hydrogen-bond donors (Lipinski definition) is 2. The van der Waals surface area contributed by atoms with Crippen LogP contribution in [0.25, 0.3) is 5.57 Å². The molecule has 2 aliphatic rings. The fourth-order valence-corrected chi connectivity index (χ4v) is 5.74. The topological polar surface area (TPSA) is 105 Å². The minimum Gasteiger partial charge on any atom is -0.385 e. The van der Waals surface area contributed by atoms with Crippen LogP contribution in [0.5, 0.6) is 0 Å². The van der Waals surface area contributed by atoms with Crippen LogP contribution >= 0.6 is 0 Å². The summed E-state index contributed by atoms with van der Waals surface area (Å²) in [5.74, 6) is -0.127. The second-order valence-electron chi connectivity index (χ2n) is 11.7. The van der Waals surface area contributed by atoms with Crippen molar-refractivity contribution in [1.82, 2.24) is 5.32 Å². The quantitative estimate of drug-likeness (QED) is 0.144.